The first-order valence-electron chi connectivity index (χ1n) is 5.71. The van der Waals surface area contributed by atoms with Gasteiger partial charge in [-0.25, -0.2) is 4.98 Å². The molecule has 3 N–H and O–H groups in total. The Labute approximate surface area is 110 Å². The highest BCUT2D eigenvalue weighted by atomic mass is 35.5. The van der Waals surface area contributed by atoms with Crippen LogP contribution in [-0.4, -0.2) is 9.97 Å². The number of fused-ring (bicyclic) bond motifs is 1. The van der Waals surface area contributed by atoms with Gasteiger partial charge < -0.3 is 10.7 Å². The molecular weight excluding hydrogens is 246 g/mol. The van der Waals surface area contributed by atoms with Crippen LogP contribution in [0.25, 0.3) is 22.2 Å². The second-order valence-electron chi connectivity index (χ2n) is 4.13. The van der Waals surface area contributed by atoms with Crippen LogP contribution in [0.2, 0.25) is 5.15 Å². The second-order valence-corrected chi connectivity index (χ2v) is 4.52. The summed E-state index contributed by atoms with van der Waals surface area (Å²) in [5, 5.41) is 1.56. The molecule has 0 saturated heterocycles. The number of aromatic amines is 1. The number of hydrogen-bond donors (Lipinski definition) is 2. The van der Waals surface area contributed by atoms with Gasteiger partial charge in [-0.1, -0.05) is 35.9 Å². The zero-order valence-corrected chi connectivity index (χ0v) is 10.4. The maximum atomic E-state index is 6.04. The standard InChI is InChI=1S/C14H12ClN3/c15-13-7-12(11-5-6-17-14(11)18-13)10-3-1-9(8-16)2-4-10/h1-7H,8,16H2,(H,17,18). The second kappa shape index (κ2) is 4.44. The average molecular weight is 258 g/mol. The third-order valence-corrected chi connectivity index (χ3v) is 3.19. The van der Waals surface area contributed by atoms with Crippen molar-refractivity contribution in [3.8, 4) is 11.1 Å². The monoisotopic (exact) mass is 257 g/mol. The Bertz CT molecular complexity index is 686. The van der Waals surface area contributed by atoms with E-state index in [4.69, 9.17) is 17.3 Å². The van der Waals surface area contributed by atoms with E-state index < -0.39 is 0 Å². The van der Waals surface area contributed by atoms with Crippen LogP contribution in [0.1, 0.15) is 5.56 Å². The van der Waals surface area contributed by atoms with Crippen LogP contribution in [0.4, 0.5) is 0 Å². The van der Waals surface area contributed by atoms with Crippen LogP contribution < -0.4 is 5.73 Å². The fraction of sp³-hybridized carbons (Fsp3) is 0.0714. The number of benzene rings is 1. The highest BCUT2D eigenvalue weighted by Crippen LogP contribution is 2.29. The minimum Gasteiger partial charge on any atom is -0.346 e. The van der Waals surface area contributed by atoms with E-state index in [1.165, 1.54) is 0 Å². The van der Waals surface area contributed by atoms with Crippen molar-refractivity contribution in [2.45, 2.75) is 6.54 Å². The van der Waals surface area contributed by atoms with Gasteiger partial charge in [0.05, 0.1) is 0 Å². The van der Waals surface area contributed by atoms with E-state index in [0.717, 1.165) is 27.7 Å². The summed E-state index contributed by atoms with van der Waals surface area (Å²) in [4.78, 5) is 7.32. The number of aromatic nitrogens is 2. The molecule has 3 aromatic rings. The summed E-state index contributed by atoms with van der Waals surface area (Å²) >= 11 is 6.04. The van der Waals surface area contributed by atoms with Gasteiger partial charge in [0, 0.05) is 18.1 Å². The predicted molar refractivity (Wildman–Crippen MR) is 74.4 cm³/mol. The Morgan fingerprint density at radius 1 is 1.17 bits per heavy atom. The number of nitrogens with zero attached hydrogens (tertiary/aromatic N) is 1. The van der Waals surface area contributed by atoms with E-state index in [1.54, 1.807) is 0 Å². The number of nitrogens with two attached hydrogens (primary N) is 1. The first kappa shape index (κ1) is 11.3. The molecule has 18 heavy (non-hydrogen) atoms. The van der Waals surface area contributed by atoms with Gasteiger partial charge >= 0.3 is 0 Å². The van der Waals surface area contributed by atoms with Crippen molar-refractivity contribution in [1.82, 2.24) is 9.97 Å². The van der Waals surface area contributed by atoms with E-state index in [0.29, 0.717) is 11.7 Å². The maximum absolute atomic E-state index is 6.04. The summed E-state index contributed by atoms with van der Waals surface area (Å²) < 4.78 is 0. The topological polar surface area (TPSA) is 54.7 Å². The molecule has 0 radical (unpaired) electrons. The van der Waals surface area contributed by atoms with E-state index in [-0.39, 0.29) is 0 Å². The van der Waals surface area contributed by atoms with Crippen LogP contribution in [0.15, 0.2) is 42.6 Å². The van der Waals surface area contributed by atoms with Crippen molar-refractivity contribution < 1.29 is 0 Å². The minimum atomic E-state index is 0.489. The van der Waals surface area contributed by atoms with E-state index in [9.17, 15) is 0 Å². The zero-order chi connectivity index (χ0) is 12.5. The smallest absolute Gasteiger partial charge is 0.139 e. The Balaban J connectivity index is 2.20. The first-order valence-corrected chi connectivity index (χ1v) is 6.09. The fourth-order valence-electron chi connectivity index (χ4n) is 2.07. The van der Waals surface area contributed by atoms with E-state index in [1.807, 2.05) is 30.5 Å². The lowest BCUT2D eigenvalue weighted by molar-refractivity contribution is 1.07. The van der Waals surface area contributed by atoms with Crippen molar-refractivity contribution in [2.75, 3.05) is 0 Å². The van der Waals surface area contributed by atoms with Gasteiger partial charge in [0.25, 0.3) is 0 Å². The summed E-state index contributed by atoms with van der Waals surface area (Å²) in [5.41, 5.74) is 9.71. The lowest BCUT2D eigenvalue weighted by Crippen LogP contribution is -1.95. The molecule has 0 amide bonds. The Hall–Kier alpha value is -1.84. The zero-order valence-electron chi connectivity index (χ0n) is 9.65. The summed E-state index contributed by atoms with van der Waals surface area (Å²) in [7, 11) is 0. The molecule has 90 valence electrons. The SMILES string of the molecule is NCc1ccc(-c2cc(Cl)nc3[nH]ccc23)cc1. The molecule has 0 bridgehead atoms. The van der Waals surface area contributed by atoms with Gasteiger partial charge in [0.2, 0.25) is 0 Å². The quantitative estimate of drug-likeness (QED) is 0.692. The summed E-state index contributed by atoms with van der Waals surface area (Å²) in [6, 6.07) is 12.1. The molecule has 0 unspecified atom stereocenters. The van der Waals surface area contributed by atoms with E-state index >= 15 is 0 Å². The number of pyridine rings is 1. The Morgan fingerprint density at radius 2 is 1.94 bits per heavy atom. The molecule has 1 aromatic carbocycles. The van der Waals surface area contributed by atoms with Crippen LogP contribution in [0, 0.1) is 0 Å². The van der Waals surface area contributed by atoms with Crippen LogP contribution in [0.5, 0.6) is 0 Å². The summed E-state index contributed by atoms with van der Waals surface area (Å²) in [6.45, 7) is 0.553. The number of halogens is 1. The third-order valence-electron chi connectivity index (χ3n) is 3.00. The maximum Gasteiger partial charge on any atom is 0.139 e. The highest BCUT2D eigenvalue weighted by molar-refractivity contribution is 6.30. The minimum absolute atomic E-state index is 0.489. The van der Waals surface area contributed by atoms with Crippen molar-refractivity contribution in [2.24, 2.45) is 5.73 Å². The molecule has 0 aliphatic rings. The van der Waals surface area contributed by atoms with Crippen molar-refractivity contribution in [3.05, 3.63) is 53.3 Å². The van der Waals surface area contributed by atoms with Crippen molar-refractivity contribution >= 4 is 22.6 Å². The molecule has 2 aromatic heterocycles. The third kappa shape index (κ3) is 1.88. The van der Waals surface area contributed by atoms with Gasteiger partial charge in [0.1, 0.15) is 10.8 Å². The van der Waals surface area contributed by atoms with Crippen molar-refractivity contribution in [3.63, 3.8) is 0 Å². The lowest BCUT2D eigenvalue weighted by atomic mass is 10.0. The lowest BCUT2D eigenvalue weighted by Gasteiger charge is -2.05. The van der Waals surface area contributed by atoms with E-state index in [2.05, 4.69) is 22.1 Å². The molecule has 0 spiro atoms. The number of rotatable bonds is 2. The normalized spacial score (nSPS) is 11.0. The highest BCUT2D eigenvalue weighted by Gasteiger charge is 2.07. The predicted octanol–water partition coefficient (Wildman–Crippen LogP) is 3.34. The molecule has 2 heterocycles. The largest absolute Gasteiger partial charge is 0.346 e. The van der Waals surface area contributed by atoms with Gasteiger partial charge in [0.15, 0.2) is 0 Å². The fourth-order valence-corrected chi connectivity index (χ4v) is 2.26. The Morgan fingerprint density at radius 3 is 2.67 bits per heavy atom. The van der Waals surface area contributed by atoms with Gasteiger partial charge in [-0.3, -0.25) is 0 Å². The molecule has 0 aliphatic carbocycles. The molecule has 0 atom stereocenters. The Kier molecular flexibility index (Phi) is 2.78. The molecular formula is C14H12ClN3. The van der Waals surface area contributed by atoms with Crippen molar-refractivity contribution in [1.29, 1.82) is 0 Å². The molecule has 0 aliphatic heterocycles. The first-order chi connectivity index (χ1) is 8.78. The van der Waals surface area contributed by atoms with Gasteiger partial charge in [-0.15, -0.1) is 0 Å². The number of H-pyrrole nitrogens is 1. The average Bonchev–Trinajstić information content (AvgIpc) is 2.86. The molecule has 0 fully saturated rings. The van der Waals surface area contributed by atoms with Crippen LogP contribution in [-0.2, 0) is 6.54 Å². The van der Waals surface area contributed by atoms with Gasteiger partial charge in [-0.05, 0) is 28.8 Å². The summed E-state index contributed by atoms with van der Waals surface area (Å²) in [6.07, 6.45) is 1.87. The van der Waals surface area contributed by atoms with Gasteiger partial charge in [-0.2, -0.15) is 0 Å². The molecule has 0 saturated carbocycles. The molecule has 3 rings (SSSR count). The van der Waals surface area contributed by atoms with Crippen LogP contribution in [0.3, 0.4) is 0 Å². The number of hydrogen-bond acceptors (Lipinski definition) is 2. The number of nitrogens with one attached hydrogen (secondary N) is 1. The summed E-state index contributed by atoms with van der Waals surface area (Å²) in [5.74, 6) is 0. The molecule has 3 nitrogen and oxygen atoms in total. The molecule has 4 heteroatoms. The van der Waals surface area contributed by atoms with Crippen LogP contribution >= 0.6 is 11.6 Å².